The molecule has 0 aromatic heterocycles. The molecule has 10 rings (SSSR count). The van der Waals surface area contributed by atoms with Crippen LogP contribution < -0.4 is 37.2 Å². The Morgan fingerprint density at radius 2 is 1.33 bits per heavy atom. The van der Waals surface area contributed by atoms with Crippen molar-refractivity contribution in [2.24, 2.45) is 17.3 Å². The zero-order valence-corrected chi connectivity index (χ0v) is 32.3. The van der Waals surface area contributed by atoms with E-state index in [2.05, 4.69) is 69.6 Å². The van der Waals surface area contributed by atoms with Gasteiger partial charge in [-0.1, -0.05) is 21.3 Å². The lowest BCUT2D eigenvalue weighted by molar-refractivity contribution is -0.963. The van der Waals surface area contributed by atoms with Crippen molar-refractivity contribution in [3.05, 3.63) is 12.5 Å². The summed E-state index contributed by atoms with van der Waals surface area (Å²) in [4.78, 5) is 2.45. The molecule has 7 N–H and O–H groups in total. The molecule has 10 aliphatic heterocycles. The summed E-state index contributed by atoms with van der Waals surface area (Å²) in [6, 6.07) is 0. The van der Waals surface area contributed by atoms with Crippen LogP contribution in [0.25, 0.3) is 0 Å². The second-order valence-electron chi connectivity index (χ2n) is 17.9. The Morgan fingerprint density at radius 1 is 0.725 bits per heavy atom. The second kappa shape index (κ2) is 18.5. The molecule has 0 radical (unpaired) electrons. The number of quaternary nitrogens is 2. The number of rotatable bonds is 1. The summed E-state index contributed by atoms with van der Waals surface area (Å²) < 4.78 is 14.0. The Balaban J connectivity index is 0.000000123. The fraction of sp³-hybridized carbons (Fsp3) is 0.949. The maximum Gasteiger partial charge on any atom is 0.180 e. The first-order valence-electron chi connectivity index (χ1n) is 20.6. The summed E-state index contributed by atoms with van der Waals surface area (Å²) in [6.07, 6.45) is 8.73. The SMILES string of the molecule is C.C1CC2(CCN1)CNCO2.C=C1NCC2(CCNCC2)O1.CC1C[N+]2(CCNC2)C1.CCC1C[N+]2(CCNC2)C1.CN1CCC2(CCNC2)C1. The van der Waals surface area contributed by atoms with Crippen molar-refractivity contribution < 1.29 is 18.4 Å². The van der Waals surface area contributed by atoms with E-state index in [4.69, 9.17) is 9.47 Å². The molecular weight excluding hydrogens is 640 g/mol. The minimum absolute atomic E-state index is 0. The van der Waals surface area contributed by atoms with Gasteiger partial charge in [-0.25, -0.2) is 0 Å². The van der Waals surface area contributed by atoms with Gasteiger partial charge in [0.05, 0.1) is 70.0 Å². The lowest BCUT2D eigenvalue weighted by Crippen LogP contribution is -2.62. The highest BCUT2D eigenvalue weighted by molar-refractivity contribution is 5.01. The van der Waals surface area contributed by atoms with Crippen molar-refractivity contribution in [1.82, 2.24) is 42.1 Å². The molecule has 10 aliphatic rings. The third-order valence-electron chi connectivity index (χ3n) is 13.6. The van der Waals surface area contributed by atoms with Crippen molar-refractivity contribution in [2.75, 3.05) is 145 Å². The maximum atomic E-state index is 5.64. The first-order valence-corrected chi connectivity index (χ1v) is 20.6. The van der Waals surface area contributed by atoms with Gasteiger partial charge in [0, 0.05) is 45.6 Å². The van der Waals surface area contributed by atoms with Gasteiger partial charge < -0.3 is 44.6 Å². The zero-order valence-electron chi connectivity index (χ0n) is 32.3. The van der Waals surface area contributed by atoms with Crippen LogP contribution in [0.1, 0.15) is 66.2 Å². The molecule has 5 spiro atoms. The van der Waals surface area contributed by atoms with Crippen molar-refractivity contribution in [3.8, 4) is 0 Å². The minimum Gasteiger partial charge on any atom is -0.471 e. The molecule has 0 amide bonds. The molecule has 0 aliphatic carbocycles. The van der Waals surface area contributed by atoms with Crippen LogP contribution in [0.15, 0.2) is 12.5 Å². The van der Waals surface area contributed by atoms with Crippen LogP contribution in [0.3, 0.4) is 0 Å². The minimum atomic E-state index is 0. The van der Waals surface area contributed by atoms with Gasteiger partial charge >= 0.3 is 0 Å². The predicted octanol–water partition coefficient (Wildman–Crippen LogP) is 1.24. The van der Waals surface area contributed by atoms with Gasteiger partial charge in [-0.05, 0) is 90.4 Å². The molecule has 51 heavy (non-hydrogen) atoms. The highest BCUT2D eigenvalue weighted by Gasteiger charge is 2.45. The van der Waals surface area contributed by atoms with Gasteiger partial charge in [0.15, 0.2) is 5.88 Å². The fourth-order valence-corrected chi connectivity index (χ4v) is 10.4. The summed E-state index contributed by atoms with van der Waals surface area (Å²) in [5, 5.41) is 23.3. The van der Waals surface area contributed by atoms with E-state index in [0.29, 0.717) is 5.41 Å². The van der Waals surface area contributed by atoms with Crippen LogP contribution in [0, 0.1) is 17.3 Å². The molecule has 1 unspecified atom stereocenters. The Morgan fingerprint density at radius 3 is 1.76 bits per heavy atom. The van der Waals surface area contributed by atoms with E-state index in [0.717, 1.165) is 76.6 Å². The molecule has 12 heteroatoms. The van der Waals surface area contributed by atoms with E-state index >= 15 is 0 Å². The van der Waals surface area contributed by atoms with Gasteiger partial charge in [0.1, 0.15) is 18.9 Å². The van der Waals surface area contributed by atoms with Crippen molar-refractivity contribution in [1.29, 1.82) is 0 Å². The number of nitrogens with zero attached hydrogens (tertiary/aromatic N) is 3. The Labute approximate surface area is 312 Å². The standard InChI is InChI=1S/C8H14N2O.C8H16N2.C8H17N2.C7H14N2O.C7H15N2.CH4/c1-7-10-6-8(11-7)2-4-9-5-3-8;1-10-5-3-8(7-10)2-4-9-6-8;1-2-8-5-10(6-8)4-3-9-7-10;1-3-8-4-2-7(1)5-9-6-10-7;1-7-4-9(5-7)3-2-8-6-9;/h9-10H,1-6H2;9H,2-7H2,1H3;8-9H,2-7H2,1H3;8-9H,1-6H2;7-8H,2-6H2,1H3;1H4/q;;+1;;+1;. The summed E-state index contributed by atoms with van der Waals surface area (Å²) in [5.74, 6) is 2.77. The van der Waals surface area contributed by atoms with Crippen LogP contribution in [-0.4, -0.2) is 170 Å². The molecule has 296 valence electrons. The van der Waals surface area contributed by atoms with Gasteiger partial charge in [-0.3, -0.25) is 16.0 Å². The van der Waals surface area contributed by atoms with Crippen molar-refractivity contribution in [2.45, 2.75) is 77.4 Å². The Bertz CT molecular complexity index is 1010. The highest BCUT2D eigenvalue weighted by atomic mass is 16.5. The highest BCUT2D eigenvalue weighted by Crippen LogP contribution is 2.35. The predicted molar refractivity (Wildman–Crippen MR) is 209 cm³/mol. The average molecular weight is 721 g/mol. The molecule has 10 heterocycles. The molecule has 10 fully saturated rings. The third-order valence-corrected chi connectivity index (χ3v) is 13.6. The molecule has 12 nitrogen and oxygen atoms in total. The normalized spacial score (nSPS) is 38.1. The molecule has 0 aromatic rings. The summed E-state index contributed by atoms with van der Waals surface area (Å²) >= 11 is 0. The van der Waals surface area contributed by atoms with Crippen LogP contribution in [-0.2, 0) is 9.47 Å². The largest absolute Gasteiger partial charge is 0.471 e. The summed E-state index contributed by atoms with van der Waals surface area (Å²) in [7, 11) is 2.23. The second-order valence-corrected chi connectivity index (χ2v) is 17.9. The van der Waals surface area contributed by atoms with E-state index in [1.54, 1.807) is 0 Å². The van der Waals surface area contributed by atoms with Crippen molar-refractivity contribution >= 4 is 0 Å². The molecular formula is C39H80N10O2+2. The average Bonchev–Trinajstić information content (AvgIpc) is 3.95. The first-order chi connectivity index (χ1) is 24.2. The number of hydrogen-bond acceptors (Lipinski definition) is 10. The number of likely N-dealkylation sites (tertiary alicyclic amines) is 1. The molecule has 10 saturated heterocycles. The lowest BCUT2D eigenvalue weighted by Gasteiger charge is -2.46. The van der Waals surface area contributed by atoms with Gasteiger partial charge in [-0.15, -0.1) is 0 Å². The van der Waals surface area contributed by atoms with E-state index in [1.807, 2.05) is 0 Å². The lowest BCUT2D eigenvalue weighted by atomic mass is 9.87. The topological polar surface area (TPSA) is 106 Å². The molecule has 1 atom stereocenters. The number of ether oxygens (including phenoxy) is 2. The summed E-state index contributed by atoms with van der Waals surface area (Å²) in [5.41, 5.74) is 0.947. The molecule has 0 aromatic carbocycles. The van der Waals surface area contributed by atoms with Crippen molar-refractivity contribution in [3.63, 3.8) is 0 Å². The van der Waals surface area contributed by atoms with E-state index in [-0.39, 0.29) is 18.6 Å². The van der Waals surface area contributed by atoms with Crippen LogP contribution in [0.2, 0.25) is 0 Å². The van der Waals surface area contributed by atoms with Gasteiger partial charge in [0.25, 0.3) is 0 Å². The molecule has 0 saturated carbocycles. The van der Waals surface area contributed by atoms with Gasteiger partial charge in [0.2, 0.25) is 0 Å². The maximum absolute atomic E-state index is 5.64. The number of nitrogens with one attached hydrogen (secondary N) is 7. The van der Waals surface area contributed by atoms with Crippen LogP contribution in [0.5, 0.6) is 0 Å². The smallest absolute Gasteiger partial charge is 0.180 e. The third kappa shape index (κ3) is 11.0. The zero-order chi connectivity index (χ0) is 35.0. The fourth-order valence-electron chi connectivity index (χ4n) is 10.4. The Hall–Kier alpha value is -1.06. The van der Waals surface area contributed by atoms with Crippen LogP contribution in [0.4, 0.5) is 0 Å². The van der Waals surface area contributed by atoms with E-state index in [1.165, 1.54) is 133 Å². The van der Waals surface area contributed by atoms with E-state index in [9.17, 15) is 0 Å². The number of piperidine rings is 2. The van der Waals surface area contributed by atoms with E-state index < -0.39 is 0 Å². The quantitative estimate of drug-likeness (QED) is 0.200. The molecule has 0 bridgehead atoms. The monoisotopic (exact) mass is 721 g/mol. The van der Waals surface area contributed by atoms with Crippen LogP contribution >= 0.6 is 0 Å². The first kappa shape index (κ1) is 41.1. The summed E-state index contributed by atoms with van der Waals surface area (Å²) in [6.45, 7) is 34.1. The number of hydrogen-bond donors (Lipinski definition) is 7. The Kier molecular flexibility index (Phi) is 14.9. The van der Waals surface area contributed by atoms with Gasteiger partial charge in [-0.2, -0.15) is 0 Å².